The van der Waals surface area contributed by atoms with E-state index in [4.69, 9.17) is 4.74 Å². The summed E-state index contributed by atoms with van der Waals surface area (Å²) in [6.07, 6.45) is -3.04. The van der Waals surface area contributed by atoms with Crippen LogP contribution in [0.1, 0.15) is 38.9 Å². The van der Waals surface area contributed by atoms with Gasteiger partial charge in [-0.2, -0.15) is 13.2 Å². The highest BCUT2D eigenvalue weighted by Gasteiger charge is 2.29. The number of hydrogen-bond donors (Lipinski definition) is 3. The van der Waals surface area contributed by atoms with Gasteiger partial charge in [-0.1, -0.05) is 12.1 Å². The predicted octanol–water partition coefficient (Wildman–Crippen LogP) is 3.61. The molecule has 2 atom stereocenters. The number of carbonyl (C=O) groups excluding carboxylic acids is 1. The zero-order valence-corrected chi connectivity index (χ0v) is 14.9. The highest BCUT2D eigenvalue weighted by molar-refractivity contribution is 8.00. The molecular weight excluding hydrogens is 359 g/mol. The number of benzene rings is 1. The van der Waals surface area contributed by atoms with Crippen LogP contribution < -0.4 is 5.32 Å². The second-order valence-corrected chi connectivity index (χ2v) is 7.48. The number of aliphatic hydroxyl groups excluding tert-OH is 2. The van der Waals surface area contributed by atoms with Crippen molar-refractivity contribution in [1.82, 2.24) is 5.32 Å². The predicted molar refractivity (Wildman–Crippen MR) is 88.2 cm³/mol. The Kier molecular flexibility index (Phi) is 7.58. The SMILES string of the molecule is CC(C)(C)OC(=O)NCCC(O)C(O)c1ccc(SC(F)(F)F)cc1. The summed E-state index contributed by atoms with van der Waals surface area (Å²) in [6.45, 7) is 5.22. The first-order valence-corrected chi connectivity index (χ1v) is 8.38. The lowest BCUT2D eigenvalue weighted by Gasteiger charge is -2.21. The van der Waals surface area contributed by atoms with Crippen molar-refractivity contribution in [2.24, 2.45) is 0 Å². The van der Waals surface area contributed by atoms with Gasteiger partial charge in [0, 0.05) is 11.4 Å². The Morgan fingerprint density at radius 1 is 1.20 bits per heavy atom. The van der Waals surface area contributed by atoms with Crippen molar-refractivity contribution >= 4 is 17.9 Å². The van der Waals surface area contributed by atoms with Gasteiger partial charge in [-0.25, -0.2) is 4.79 Å². The summed E-state index contributed by atoms with van der Waals surface area (Å²) >= 11 is -0.254. The molecule has 1 aromatic rings. The van der Waals surface area contributed by atoms with Gasteiger partial charge in [0.1, 0.15) is 11.7 Å². The van der Waals surface area contributed by atoms with Crippen LogP contribution in [0.5, 0.6) is 0 Å². The first kappa shape index (κ1) is 21.6. The number of hydrogen-bond acceptors (Lipinski definition) is 5. The summed E-state index contributed by atoms with van der Waals surface area (Å²) in [5, 5.41) is 22.4. The van der Waals surface area contributed by atoms with Crippen LogP contribution >= 0.6 is 11.8 Å². The van der Waals surface area contributed by atoms with Crippen LogP contribution in [0.2, 0.25) is 0 Å². The standard InChI is InChI=1S/C16H22F3NO4S/c1-15(2,3)24-14(23)20-9-8-12(21)13(22)10-4-6-11(7-5-10)25-16(17,18)19/h4-7,12-13,21-22H,8-9H2,1-3H3,(H,20,23). The number of amides is 1. The van der Waals surface area contributed by atoms with Gasteiger partial charge in [0.25, 0.3) is 0 Å². The molecule has 1 amide bonds. The number of carbonyl (C=O) groups is 1. The van der Waals surface area contributed by atoms with Crippen molar-refractivity contribution in [1.29, 1.82) is 0 Å². The van der Waals surface area contributed by atoms with E-state index < -0.39 is 29.4 Å². The molecule has 0 saturated heterocycles. The third-order valence-corrected chi connectivity index (χ3v) is 3.67. The van der Waals surface area contributed by atoms with Crippen LogP contribution in [0.4, 0.5) is 18.0 Å². The topological polar surface area (TPSA) is 78.8 Å². The Hall–Kier alpha value is -1.45. The van der Waals surface area contributed by atoms with Crippen molar-refractivity contribution in [2.45, 2.75) is 55.4 Å². The molecule has 2 unspecified atom stereocenters. The van der Waals surface area contributed by atoms with Crippen molar-refractivity contribution in [3.63, 3.8) is 0 Å². The molecule has 0 heterocycles. The van der Waals surface area contributed by atoms with Crippen LogP contribution in [0.15, 0.2) is 29.2 Å². The molecule has 9 heteroatoms. The number of ether oxygens (including phenoxy) is 1. The summed E-state index contributed by atoms with van der Waals surface area (Å²) in [7, 11) is 0. The molecule has 25 heavy (non-hydrogen) atoms. The highest BCUT2D eigenvalue weighted by atomic mass is 32.2. The molecule has 0 spiro atoms. The summed E-state index contributed by atoms with van der Waals surface area (Å²) in [5.41, 5.74) is -4.73. The summed E-state index contributed by atoms with van der Waals surface area (Å²) < 4.78 is 41.8. The number of rotatable bonds is 6. The highest BCUT2D eigenvalue weighted by Crippen LogP contribution is 2.37. The maximum atomic E-state index is 12.3. The van der Waals surface area contributed by atoms with E-state index in [1.54, 1.807) is 20.8 Å². The van der Waals surface area contributed by atoms with Crippen molar-refractivity contribution in [3.8, 4) is 0 Å². The number of nitrogens with one attached hydrogen (secondary N) is 1. The number of alkyl carbamates (subject to hydrolysis) is 1. The Morgan fingerprint density at radius 3 is 2.24 bits per heavy atom. The maximum Gasteiger partial charge on any atom is 0.446 e. The molecule has 0 aliphatic carbocycles. The molecule has 142 valence electrons. The maximum absolute atomic E-state index is 12.3. The summed E-state index contributed by atoms with van der Waals surface area (Å²) in [6, 6.07) is 5.09. The zero-order valence-electron chi connectivity index (χ0n) is 14.1. The Bertz CT molecular complexity index is 558. The monoisotopic (exact) mass is 381 g/mol. The van der Waals surface area contributed by atoms with Gasteiger partial charge in [-0.3, -0.25) is 0 Å². The van der Waals surface area contributed by atoms with Gasteiger partial charge in [-0.05, 0) is 56.7 Å². The Balaban J connectivity index is 2.48. The van der Waals surface area contributed by atoms with Crippen LogP contribution in [0.25, 0.3) is 0 Å². The molecule has 0 bridgehead atoms. The third kappa shape index (κ3) is 8.99. The largest absolute Gasteiger partial charge is 0.446 e. The van der Waals surface area contributed by atoms with Crippen LogP contribution in [-0.2, 0) is 4.74 Å². The van der Waals surface area contributed by atoms with E-state index in [9.17, 15) is 28.2 Å². The lowest BCUT2D eigenvalue weighted by molar-refractivity contribution is -0.0328. The molecule has 0 aliphatic heterocycles. The molecule has 0 saturated carbocycles. The molecule has 3 N–H and O–H groups in total. The van der Waals surface area contributed by atoms with E-state index in [2.05, 4.69) is 5.32 Å². The molecule has 0 radical (unpaired) electrons. The Labute approximate surface area is 148 Å². The quantitative estimate of drug-likeness (QED) is 0.656. The number of thioether (sulfide) groups is 1. The Morgan fingerprint density at radius 2 is 1.76 bits per heavy atom. The first-order valence-electron chi connectivity index (χ1n) is 7.56. The molecule has 0 aromatic heterocycles. The van der Waals surface area contributed by atoms with E-state index in [1.165, 1.54) is 24.3 Å². The first-order chi connectivity index (χ1) is 11.4. The number of aliphatic hydroxyl groups is 2. The van der Waals surface area contributed by atoms with Crippen LogP contribution in [-0.4, -0.2) is 40.1 Å². The number of alkyl halides is 3. The van der Waals surface area contributed by atoms with Gasteiger partial charge in [0.2, 0.25) is 0 Å². The summed E-state index contributed by atoms with van der Waals surface area (Å²) in [4.78, 5) is 11.5. The van der Waals surface area contributed by atoms with Crippen molar-refractivity contribution in [2.75, 3.05) is 6.54 Å². The molecular formula is C16H22F3NO4S. The molecule has 1 aromatic carbocycles. The second-order valence-electron chi connectivity index (χ2n) is 6.35. The fraction of sp³-hybridized carbons (Fsp3) is 0.562. The van der Waals surface area contributed by atoms with Crippen LogP contribution in [0.3, 0.4) is 0 Å². The molecule has 5 nitrogen and oxygen atoms in total. The number of halogens is 3. The van der Waals surface area contributed by atoms with E-state index >= 15 is 0 Å². The van der Waals surface area contributed by atoms with Gasteiger partial charge in [-0.15, -0.1) is 0 Å². The average Bonchev–Trinajstić information content (AvgIpc) is 2.43. The fourth-order valence-electron chi connectivity index (χ4n) is 1.88. The average molecular weight is 381 g/mol. The van der Waals surface area contributed by atoms with Gasteiger partial charge in [0.05, 0.1) is 6.10 Å². The lowest BCUT2D eigenvalue weighted by atomic mass is 10.0. The normalized spacial score (nSPS) is 14.7. The minimum atomic E-state index is -4.38. The van der Waals surface area contributed by atoms with E-state index in [0.29, 0.717) is 0 Å². The van der Waals surface area contributed by atoms with Gasteiger partial charge < -0.3 is 20.3 Å². The van der Waals surface area contributed by atoms with Crippen molar-refractivity contribution < 1.29 is 32.9 Å². The zero-order chi connectivity index (χ0) is 19.3. The van der Waals surface area contributed by atoms with Gasteiger partial charge in [0.15, 0.2) is 0 Å². The lowest BCUT2D eigenvalue weighted by Crippen LogP contribution is -2.34. The van der Waals surface area contributed by atoms with E-state index in [1.807, 2.05) is 0 Å². The minimum Gasteiger partial charge on any atom is -0.444 e. The van der Waals surface area contributed by atoms with Crippen molar-refractivity contribution in [3.05, 3.63) is 29.8 Å². The summed E-state index contributed by atoms with van der Waals surface area (Å²) in [5.74, 6) is 0. The van der Waals surface area contributed by atoms with Gasteiger partial charge >= 0.3 is 11.6 Å². The fourth-order valence-corrected chi connectivity index (χ4v) is 2.42. The smallest absolute Gasteiger partial charge is 0.444 e. The van der Waals surface area contributed by atoms with E-state index in [0.717, 1.165) is 0 Å². The van der Waals surface area contributed by atoms with E-state index in [-0.39, 0.29) is 35.2 Å². The van der Waals surface area contributed by atoms with Crippen LogP contribution in [0, 0.1) is 0 Å². The molecule has 1 rings (SSSR count). The second kappa shape index (κ2) is 8.77. The molecule has 0 fully saturated rings. The third-order valence-electron chi connectivity index (χ3n) is 2.93. The molecule has 0 aliphatic rings. The minimum absolute atomic E-state index is 0.00969.